The highest BCUT2D eigenvalue weighted by Crippen LogP contribution is 2.41. The van der Waals surface area contributed by atoms with E-state index in [1.165, 1.54) is 12.1 Å². The first kappa shape index (κ1) is 11.5. The molecule has 0 aliphatic carbocycles. The summed E-state index contributed by atoms with van der Waals surface area (Å²) in [7, 11) is 0. The van der Waals surface area contributed by atoms with Gasteiger partial charge in [-0.2, -0.15) is 0 Å². The number of halogens is 1. The number of piperidine rings is 1. The van der Waals surface area contributed by atoms with Gasteiger partial charge in [0.25, 0.3) is 0 Å². The van der Waals surface area contributed by atoms with E-state index in [1.54, 1.807) is 12.1 Å². The van der Waals surface area contributed by atoms with Crippen LogP contribution in [0.5, 0.6) is 0 Å². The summed E-state index contributed by atoms with van der Waals surface area (Å²) in [5, 5.41) is 9.13. The lowest BCUT2D eigenvalue weighted by atomic mass is 9.90. The van der Waals surface area contributed by atoms with E-state index in [-0.39, 0.29) is 11.7 Å². The van der Waals surface area contributed by atoms with Crippen molar-refractivity contribution in [1.29, 1.82) is 0 Å². The van der Waals surface area contributed by atoms with E-state index in [4.69, 9.17) is 5.11 Å². The Kier molecular flexibility index (Phi) is 2.73. The van der Waals surface area contributed by atoms with Crippen molar-refractivity contribution >= 4 is 11.7 Å². The Morgan fingerprint density at radius 1 is 1.17 bits per heavy atom. The number of anilines is 1. The first-order valence-electron chi connectivity index (χ1n) is 6.42. The highest BCUT2D eigenvalue weighted by Gasteiger charge is 2.42. The highest BCUT2D eigenvalue weighted by molar-refractivity contribution is 5.71. The van der Waals surface area contributed by atoms with E-state index in [0.29, 0.717) is 24.9 Å². The summed E-state index contributed by atoms with van der Waals surface area (Å²) in [6.45, 7) is 0. The molecule has 0 amide bonds. The molecule has 1 aromatic carbocycles. The molecule has 2 atom stereocenters. The van der Waals surface area contributed by atoms with Gasteiger partial charge in [-0.1, -0.05) is 0 Å². The van der Waals surface area contributed by atoms with Gasteiger partial charge in [0.2, 0.25) is 0 Å². The van der Waals surface area contributed by atoms with Crippen LogP contribution in [0.3, 0.4) is 0 Å². The van der Waals surface area contributed by atoms with E-state index in [0.717, 1.165) is 18.5 Å². The Bertz CT molecular complexity index is 445. The third kappa shape index (κ3) is 1.85. The summed E-state index contributed by atoms with van der Waals surface area (Å²) in [5.41, 5.74) is 1.02. The minimum atomic E-state index is -0.675. The van der Waals surface area contributed by atoms with Crippen LogP contribution in [0, 0.1) is 11.7 Å². The predicted molar refractivity (Wildman–Crippen MR) is 66.0 cm³/mol. The van der Waals surface area contributed by atoms with Gasteiger partial charge in [0.05, 0.1) is 5.92 Å². The number of hydrogen-bond donors (Lipinski definition) is 1. The van der Waals surface area contributed by atoms with Crippen LogP contribution in [0.25, 0.3) is 0 Å². The molecular weight excluding hydrogens is 233 g/mol. The van der Waals surface area contributed by atoms with Gasteiger partial charge in [-0.05, 0) is 49.9 Å². The van der Waals surface area contributed by atoms with Gasteiger partial charge < -0.3 is 10.0 Å². The molecule has 2 aliphatic heterocycles. The lowest BCUT2D eigenvalue weighted by Gasteiger charge is -2.39. The average molecular weight is 249 g/mol. The molecule has 4 heteroatoms. The normalized spacial score (nSPS) is 30.5. The SMILES string of the molecule is O=C(O)C1CC2CCC(C1)N2c1ccc(F)cc1. The number of carbonyl (C=O) groups is 1. The number of benzene rings is 1. The van der Waals surface area contributed by atoms with Gasteiger partial charge >= 0.3 is 5.97 Å². The fraction of sp³-hybridized carbons (Fsp3) is 0.500. The zero-order chi connectivity index (χ0) is 12.7. The number of nitrogens with zero attached hydrogens (tertiary/aromatic N) is 1. The molecule has 0 saturated carbocycles. The number of carboxylic acid groups (broad SMARTS) is 1. The van der Waals surface area contributed by atoms with Crippen molar-refractivity contribution in [3.05, 3.63) is 30.1 Å². The van der Waals surface area contributed by atoms with Crippen molar-refractivity contribution in [3.63, 3.8) is 0 Å². The molecule has 2 bridgehead atoms. The molecule has 2 aliphatic rings. The van der Waals surface area contributed by atoms with E-state index in [2.05, 4.69) is 4.90 Å². The van der Waals surface area contributed by atoms with Crippen molar-refractivity contribution < 1.29 is 14.3 Å². The second-order valence-corrected chi connectivity index (χ2v) is 5.28. The van der Waals surface area contributed by atoms with E-state index in [9.17, 15) is 9.18 Å². The van der Waals surface area contributed by atoms with Crippen LogP contribution in [-0.4, -0.2) is 23.2 Å². The van der Waals surface area contributed by atoms with Crippen LogP contribution in [0.2, 0.25) is 0 Å². The molecule has 3 nitrogen and oxygen atoms in total. The van der Waals surface area contributed by atoms with Crippen LogP contribution < -0.4 is 4.90 Å². The number of fused-ring (bicyclic) bond motifs is 2. The summed E-state index contributed by atoms with van der Waals surface area (Å²) in [4.78, 5) is 13.4. The van der Waals surface area contributed by atoms with E-state index >= 15 is 0 Å². The fourth-order valence-electron chi connectivity index (χ4n) is 3.41. The molecule has 2 saturated heterocycles. The van der Waals surface area contributed by atoms with E-state index in [1.807, 2.05) is 0 Å². The third-order valence-electron chi connectivity index (χ3n) is 4.21. The monoisotopic (exact) mass is 249 g/mol. The zero-order valence-corrected chi connectivity index (χ0v) is 10.1. The van der Waals surface area contributed by atoms with Crippen molar-refractivity contribution in [3.8, 4) is 0 Å². The Labute approximate surface area is 105 Å². The Morgan fingerprint density at radius 3 is 2.22 bits per heavy atom. The highest BCUT2D eigenvalue weighted by atomic mass is 19.1. The van der Waals surface area contributed by atoms with Crippen LogP contribution in [0.15, 0.2) is 24.3 Å². The van der Waals surface area contributed by atoms with Gasteiger partial charge in [-0.15, -0.1) is 0 Å². The maximum absolute atomic E-state index is 12.9. The Hall–Kier alpha value is -1.58. The molecule has 1 N–H and O–H groups in total. The molecular formula is C14H16FNO2. The smallest absolute Gasteiger partial charge is 0.306 e. The first-order valence-corrected chi connectivity index (χ1v) is 6.42. The van der Waals surface area contributed by atoms with Crippen molar-refractivity contribution in [1.82, 2.24) is 0 Å². The van der Waals surface area contributed by atoms with Gasteiger partial charge in [0, 0.05) is 17.8 Å². The number of aliphatic carboxylic acids is 1. The summed E-state index contributed by atoms with van der Waals surface area (Å²) in [5.74, 6) is -1.11. The number of rotatable bonds is 2. The van der Waals surface area contributed by atoms with Crippen molar-refractivity contribution in [2.45, 2.75) is 37.8 Å². The minimum absolute atomic E-state index is 0.209. The van der Waals surface area contributed by atoms with Gasteiger partial charge in [0.1, 0.15) is 5.82 Å². The van der Waals surface area contributed by atoms with E-state index < -0.39 is 5.97 Å². The van der Waals surface area contributed by atoms with Gasteiger partial charge in [-0.3, -0.25) is 4.79 Å². The molecule has 0 radical (unpaired) electrons. The second-order valence-electron chi connectivity index (χ2n) is 5.28. The third-order valence-corrected chi connectivity index (χ3v) is 4.21. The molecule has 18 heavy (non-hydrogen) atoms. The quantitative estimate of drug-likeness (QED) is 0.876. The standard InChI is InChI=1S/C14H16FNO2/c15-10-1-3-11(4-2-10)16-12-5-6-13(16)8-9(7-12)14(17)18/h1-4,9,12-13H,5-8H2,(H,17,18). The maximum Gasteiger partial charge on any atom is 0.306 e. The lowest BCUT2D eigenvalue weighted by Crippen LogP contribution is -2.44. The van der Waals surface area contributed by atoms with Crippen LogP contribution in [0.1, 0.15) is 25.7 Å². The van der Waals surface area contributed by atoms with Crippen LogP contribution >= 0.6 is 0 Å². The summed E-state index contributed by atoms with van der Waals surface area (Å²) >= 11 is 0. The Balaban J connectivity index is 1.83. The zero-order valence-electron chi connectivity index (χ0n) is 10.1. The molecule has 0 spiro atoms. The number of carboxylic acids is 1. The average Bonchev–Trinajstić information content (AvgIpc) is 2.61. The molecule has 2 heterocycles. The fourth-order valence-corrected chi connectivity index (χ4v) is 3.41. The lowest BCUT2D eigenvalue weighted by molar-refractivity contribution is -0.142. The van der Waals surface area contributed by atoms with Crippen LogP contribution in [-0.2, 0) is 4.79 Å². The summed E-state index contributed by atoms with van der Waals surface area (Å²) in [6.07, 6.45) is 3.52. The topological polar surface area (TPSA) is 40.5 Å². The molecule has 3 rings (SSSR count). The van der Waals surface area contributed by atoms with Gasteiger partial charge in [-0.25, -0.2) is 4.39 Å². The van der Waals surface area contributed by atoms with Crippen molar-refractivity contribution in [2.24, 2.45) is 5.92 Å². The predicted octanol–water partition coefficient (Wildman–Crippen LogP) is 2.66. The minimum Gasteiger partial charge on any atom is -0.481 e. The molecule has 2 unspecified atom stereocenters. The Morgan fingerprint density at radius 2 is 1.72 bits per heavy atom. The largest absolute Gasteiger partial charge is 0.481 e. The molecule has 2 fully saturated rings. The van der Waals surface area contributed by atoms with Gasteiger partial charge in [0.15, 0.2) is 0 Å². The molecule has 1 aromatic rings. The van der Waals surface area contributed by atoms with Crippen LogP contribution in [0.4, 0.5) is 10.1 Å². The summed E-state index contributed by atoms with van der Waals surface area (Å²) in [6, 6.07) is 7.13. The maximum atomic E-state index is 12.9. The number of hydrogen-bond acceptors (Lipinski definition) is 2. The molecule has 0 aromatic heterocycles. The molecule has 96 valence electrons. The second kappa shape index (κ2) is 4.26. The van der Waals surface area contributed by atoms with Crippen molar-refractivity contribution in [2.75, 3.05) is 4.90 Å². The first-order chi connectivity index (χ1) is 8.65. The summed E-state index contributed by atoms with van der Waals surface area (Å²) < 4.78 is 12.9.